The van der Waals surface area contributed by atoms with Crippen LogP contribution < -0.4 is 5.73 Å². The molecule has 23 nitrogen and oxygen atoms in total. The summed E-state index contributed by atoms with van der Waals surface area (Å²) in [6.07, 6.45) is -0.876. The summed E-state index contributed by atoms with van der Waals surface area (Å²) >= 11 is 4.93. The van der Waals surface area contributed by atoms with Gasteiger partial charge in [-0.15, -0.1) is 0 Å². The fraction of sp³-hybridized carbons (Fsp3) is 0.786. The highest BCUT2D eigenvalue weighted by Crippen LogP contribution is 2.62. The molecule has 0 aliphatic carbocycles. The van der Waals surface area contributed by atoms with Crippen LogP contribution in [-0.4, -0.2) is 132 Å². The van der Waals surface area contributed by atoms with Crippen molar-refractivity contribution in [1.29, 1.82) is 0 Å². The molecule has 2 aromatic rings. The van der Waals surface area contributed by atoms with E-state index in [0.29, 0.717) is 11.9 Å². The first-order chi connectivity index (χ1) is 32.6. The zero-order valence-electron chi connectivity index (χ0n) is 39.6. The van der Waals surface area contributed by atoms with Crippen LogP contribution in [-0.2, 0) is 84.4 Å². The maximum atomic E-state index is 16.2. The van der Waals surface area contributed by atoms with Crippen molar-refractivity contribution in [3.8, 4) is 0 Å². The Bertz CT molecular complexity index is 2090. The van der Waals surface area contributed by atoms with Crippen LogP contribution in [0, 0.1) is 0 Å². The van der Waals surface area contributed by atoms with E-state index < -0.39 is 113 Å². The zero-order chi connectivity index (χ0) is 50.9. The zero-order valence-corrected chi connectivity index (χ0v) is 42.2. The lowest BCUT2D eigenvalue weighted by molar-refractivity contribution is -0.296. The Morgan fingerprint density at radius 1 is 0.826 bits per heavy atom. The molecule has 2 aliphatic heterocycles. The number of anilines is 1. The summed E-state index contributed by atoms with van der Waals surface area (Å²) in [6, 6.07) is 0. The third-order valence-electron chi connectivity index (χ3n) is 11.3. The van der Waals surface area contributed by atoms with Gasteiger partial charge in [-0.3, -0.25) is 28.4 Å². The molecule has 6 N–H and O–H groups in total. The van der Waals surface area contributed by atoms with Crippen LogP contribution in [0.5, 0.6) is 0 Å². The minimum absolute atomic E-state index is 0.0280. The van der Waals surface area contributed by atoms with Crippen LogP contribution in [0.3, 0.4) is 0 Å². The number of nitrogens with zero attached hydrogens (tertiary/aromatic N) is 4. The van der Waals surface area contributed by atoms with E-state index in [2.05, 4.69) is 22.0 Å². The number of carbonyl (C=O) groups is 4. The molecular weight excluding hydrogens is 975 g/mol. The molecule has 0 bridgehead atoms. The number of aryl methyl sites for hydroxylation is 1. The first kappa shape index (κ1) is 58.3. The van der Waals surface area contributed by atoms with Gasteiger partial charge in [0.1, 0.15) is 60.2 Å². The van der Waals surface area contributed by atoms with Gasteiger partial charge in [0.15, 0.2) is 30.3 Å². The second-order valence-electron chi connectivity index (χ2n) is 17.1. The molecule has 69 heavy (non-hydrogen) atoms. The van der Waals surface area contributed by atoms with Crippen molar-refractivity contribution in [3.05, 3.63) is 12.0 Å². The summed E-state index contributed by atoms with van der Waals surface area (Å²) in [4.78, 5) is 79.4. The number of fused-ring (bicyclic) bond motifs is 1. The largest absolute Gasteiger partial charge is 0.481 e. The number of phosphoric ester groups is 1. The lowest BCUT2D eigenvalue weighted by Crippen LogP contribution is -2.64. The van der Waals surface area contributed by atoms with E-state index in [1.54, 1.807) is 0 Å². The summed E-state index contributed by atoms with van der Waals surface area (Å²) in [7, 11) is -4.23. The standard InChI is InChI=1S/C42H68FN5O18P2S/c1-6-7-8-9-10-11-12-13-14-15-16-17-18-19-20-21-30(52)58-22-28(43)36-38(60-25(2)49)39(61-26(3)50)40(62-27(4)51)42(64-36)65-67(55,56)66-68(57,69)59-23-29-34(53)35(54)37(63-29)32-31-33(48(5)47-32)41(44)46-24-45-31/h24,28-29,34-40,42,53-54H,6-23H2,1-5H3,(H,55,56)(H,57,69)(H2,44,45,46)/t28-,29+,34-,35?,36?,37-,38+,39?,40+,42-,68?/m0/s1. The van der Waals surface area contributed by atoms with Crippen LogP contribution in [0.4, 0.5) is 10.2 Å². The van der Waals surface area contributed by atoms with Gasteiger partial charge in [0.25, 0.3) is 0 Å². The maximum absolute atomic E-state index is 16.2. The first-order valence-electron chi connectivity index (χ1n) is 23.3. The summed E-state index contributed by atoms with van der Waals surface area (Å²) in [5.41, 5.74) is 6.53. The molecule has 0 saturated carbocycles. The molecule has 2 aliphatic rings. The molecule has 2 saturated heterocycles. The molecule has 12 atom stereocenters. The Hall–Kier alpha value is -3.32. The Morgan fingerprint density at radius 2 is 1.36 bits per heavy atom. The van der Waals surface area contributed by atoms with Crippen LogP contribution in [0.2, 0.25) is 0 Å². The number of rotatable bonds is 30. The van der Waals surface area contributed by atoms with E-state index in [-0.39, 0.29) is 23.4 Å². The normalized spacial score (nSPS) is 25.9. The molecule has 4 rings (SSSR count). The number of nitrogen functional groups attached to an aromatic ring is 1. The number of carbonyl (C=O) groups excluding carboxylic acids is 4. The number of aromatic nitrogens is 4. The van der Waals surface area contributed by atoms with E-state index in [9.17, 15) is 43.7 Å². The van der Waals surface area contributed by atoms with Crippen LogP contribution in [0.1, 0.15) is 142 Å². The van der Waals surface area contributed by atoms with Crippen LogP contribution in [0.25, 0.3) is 11.0 Å². The molecule has 5 unspecified atom stereocenters. The number of ether oxygens (including phenoxy) is 6. The number of esters is 4. The number of nitrogens with two attached hydrogens (primary N) is 1. The van der Waals surface area contributed by atoms with E-state index in [0.717, 1.165) is 59.2 Å². The number of halogens is 1. The summed E-state index contributed by atoms with van der Waals surface area (Å²) in [6.45, 7) is -1.78. The highest BCUT2D eigenvalue weighted by Gasteiger charge is 2.57. The molecule has 2 fully saturated rings. The van der Waals surface area contributed by atoms with Crippen molar-refractivity contribution in [3.63, 3.8) is 0 Å². The summed E-state index contributed by atoms with van der Waals surface area (Å²) < 4.78 is 78.5. The molecule has 4 heterocycles. The number of unbranched alkanes of at least 4 members (excludes halogenated alkanes) is 14. The average molecular weight is 1040 g/mol. The summed E-state index contributed by atoms with van der Waals surface area (Å²) in [5.74, 6) is -3.89. The van der Waals surface area contributed by atoms with Crippen molar-refractivity contribution < 1.29 is 89.9 Å². The Balaban J connectivity index is 1.35. The lowest BCUT2D eigenvalue weighted by Gasteiger charge is -2.45. The maximum Gasteiger partial charge on any atom is 0.481 e. The number of hydrogen-bond donors (Lipinski definition) is 5. The second kappa shape index (κ2) is 28.1. The fourth-order valence-corrected chi connectivity index (χ4v) is 11.2. The summed E-state index contributed by atoms with van der Waals surface area (Å²) in [5, 5.41) is 25.9. The van der Waals surface area contributed by atoms with Crippen molar-refractivity contribution in [2.75, 3.05) is 18.9 Å². The Labute approximate surface area is 405 Å². The minimum atomic E-state index is -5.77. The lowest BCUT2D eigenvalue weighted by atomic mass is 9.95. The van der Waals surface area contributed by atoms with Crippen LogP contribution >= 0.6 is 14.5 Å². The number of aliphatic hydroxyl groups excluding tert-OH is 2. The third kappa shape index (κ3) is 18.3. The van der Waals surface area contributed by atoms with Crippen LogP contribution in [0.15, 0.2) is 6.33 Å². The van der Waals surface area contributed by atoms with Gasteiger partial charge >= 0.3 is 38.4 Å². The van der Waals surface area contributed by atoms with Gasteiger partial charge in [0, 0.05) is 34.2 Å². The predicted molar refractivity (Wildman–Crippen MR) is 246 cm³/mol. The predicted octanol–water partition coefficient (Wildman–Crippen LogP) is 5.14. The Morgan fingerprint density at radius 3 is 1.93 bits per heavy atom. The number of hydrogen-bond acceptors (Lipinski definition) is 21. The quantitative estimate of drug-likeness (QED) is 0.0293. The van der Waals surface area contributed by atoms with Crippen molar-refractivity contribution in [1.82, 2.24) is 19.7 Å². The van der Waals surface area contributed by atoms with E-state index >= 15 is 4.39 Å². The topological polar surface area (TPSA) is 319 Å². The molecule has 2 aromatic heterocycles. The third-order valence-corrected chi connectivity index (χ3v) is 14.9. The van der Waals surface area contributed by atoms with Gasteiger partial charge in [-0.1, -0.05) is 96.8 Å². The average Bonchev–Trinajstić information content (AvgIpc) is 3.75. The number of aliphatic hydroxyl groups is 2. The highest BCUT2D eigenvalue weighted by molar-refractivity contribution is 8.08. The molecule has 27 heteroatoms. The SMILES string of the molecule is CCCCCCCCCCCCCCCCCC(=O)OC[C@H](F)C1O[C@@H](OP(=O)(O)OP(O)(=S)OC[C@H]2O[C@@H](c3nn(C)c4c(N)ncnc34)C(O)[C@H]2O)[C@H](OC(C)=O)C(OC(C)=O)[C@@H]1OC(C)=O. The molecule has 0 aromatic carbocycles. The molecule has 392 valence electrons. The van der Waals surface area contributed by atoms with Crippen molar-refractivity contribution >= 4 is 67.1 Å². The van der Waals surface area contributed by atoms with Crippen molar-refractivity contribution in [2.24, 2.45) is 7.05 Å². The highest BCUT2D eigenvalue weighted by atomic mass is 32.5. The van der Waals surface area contributed by atoms with E-state index in [1.165, 1.54) is 69.5 Å². The monoisotopic (exact) mass is 1040 g/mol. The fourth-order valence-electron chi connectivity index (χ4n) is 8.09. The van der Waals surface area contributed by atoms with Gasteiger partial charge in [-0.05, 0) is 18.2 Å². The van der Waals surface area contributed by atoms with Crippen molar-refractivity contribution in [2.45, 2.75) is 192 Å². The number of phosphoric acid groups is 1. The Kier molecular flexibility index (Phi) is 23.7. The minimum Gasteiger partial charge on any atom is -0.462 e. The van der Waals surface area contributed by atoms with Gasteiger partial charge < -0.3 is 58.7 Å². The second-order valence-corrected chi connectivity index (χ2v) is 21.4. The van der Waals surface area contributed by atoms with Gasteiger partial charge in [-0.2, -0.15) is 5.10 Å². The molecular formula is C42H68FN5O18P2S. The smallest absolute Gasteiger partial charge is 0.462 e. The van der Waals surface area contributed by atoms with E-state index in [4.69, 9.17) is 59.3 Å². The molecule has 0 spiro atoms. The van der Waals surface area contributed by atoms with E-state index in [1.807, 2.05) is 0 Å². The molecule has 0 amide bonds. The van der Waals surface area contributed by atoms with Gasteiger partial charge in [-0.25, -0.2) is 23.2 Å². The number of alkyl halides is 1. The first-order valence-corrected chi connectivity index (χ1v) is 27.3. The molecule has 0 radical (unpaired) electrons. The van der Waals surface area contributed by atoms with Gasteiger partial charge in [0.2, 0.25) is 6.29 Å². The van der Waals surface area contributed by atoms with Gasteiger partial charge in [0.05, 0.1) is 6.61 Å².